The molecule has 1 amide bonds. The minimum absolute atomic E-state index is 0.0591. The van der Waals surface area contributed by atoms with Gasteiger partial charge in [-0.2, -0.15) is 13.2 Å². The van der Waals surface area contributed by atoms with Crippen molar-refractivity contribution < 1.29 is 22.4 Å². The van der Waals surface area contributed by atoms with Gasteiger partial charge in [0.05, 0.1) is 16.4 Å². The predicted octanol–water partition coefficient (Wildman–Crippen LogP) is 4.27. The topological polar surface area (TPSA) is 80.9 Å². The SMILES string of the molecule is C[C@H](Sc1nnc(-c2cccnc2)o1)C(=O)Nc1cccc(C(F)(F)F)c1. The van der Waals surface area contributed by atoms with E-state index in [0.717, 1.165) is 23.9 Å². The molecule has 6 nitrogen and oxygen atoms in total. The molecule has 0 bridgehead atoms. The normalized spacial score (nSPS) is 12.6. The molecule has 2 heterocycles. The maximum atomic E-state index is 12.7. The molecule has 1 atom stereocenters. The molecule has 0 aliphatic heterocycles. The Kier molecular flexibility index (Phi) is 5.45. The number of nitrogens with zero attached hydrogens (tertiary/aromatic N) is 3. The number of nitrogens with one attached hydrogen (secondary N) is 1. The first-order chi connectivity index (χ1) is 12.8. The van der Waals surface area contributed by atoms with Crippen LogP contribution in [0, 0.1) is 0 Å². The molecule has 140 valence electrons. The number of hydrogen-bond donors (Lipinski definition) is 1. The Hall–Kier alpha value is -2.88. The Morgan fingerprint density at radius 2 is 2.04 bits per heavy atom. The van der Waals surface area contributed by atoms with Crippen LogP contribution in [-0.2, 0) is 11.0 Å². The molecule has 3 rings (SSSR count). The van der Waals surface area contributed by atoms with Gasteiger partial charge >= 0.3 is 6.18 Å². The van der Waals surface area contributed by atoms with Gasteiger partial charge in [-0.1, -0.05) is 17.8 Å². The molecule has 0 spiro atoms. The van der Waals surface area contributed by atoms with Gasteiger partial charge in [0.15, 0.2) is 0 Å². The summed E-state index contributed by atoms with van der Waals surface area (Å²) in [5, 5.41) is 9.70. The molecule has 0 saturated heterocycles. The van der Waals surface area contributed by atoms with Crippen LogP contribution in [0.2, 0.25) is 0 Å². The standard InChI is InChI=1S/C17H13F3N4O2S/c1-10(14(25)22-13-6-2-5-12(8-13)17(18,19)20)27-16-24-23-15(26-16)11-4-3-7-21-9-11/h2-10H,1H3,(H,22,25)/t10-/m0/s1. The van der Waals surface area contributed by atoms with Crippen molar-refractivity contribution in [2.24, 2.45) is 0 Å². The maximum Gasteiger partial charge on any atom is 0.416 e. The first-order valence-corrected chi connectivity index (χ1v) is 8.59. The van der Waals surface area contributed by atoms with E-state index in [2.05, 4.69) is 20.5 Å². The lowest BCUT2D eigenvalue weighted by atomic mass is 10.2. The summed E-state index contributed by atoms with van der Waals surface area (Å²) < 4.78 is 43.7. The van der Waals surface area contributed by atoms with Crippen molar-refractivity contribution in [3.05, 3.63) is 54.4 Å². The zero-order valence-corrected chi connectivity index (χ0v) is 14.7. The number of hydrogen-bond acceptors (Lipinski definition) is 6. The van der Waals surface area contributed by atoms with Crippen molar-refractivity contribution in [2.75, 3.05) is 5.32 Å². The summed E-state index contributed by atoms with van der Waals surface area (Å²) in [6.45, 7) is 1.58. The predicted molar refractivity (Wildman–Crippen MR) is 92.9 cm³/mol. The van der Waals surface area contributed by atoms with Gasteiger partial charge in [-0.3, -0.25) is 9.78 Å². The summed E-state index contributed by atoms with van der Waals surface area (Å²) in [6, 6.07) is 7.90. The van der Waals surface area contributed by atoms with Crippen molar-refractivity contribution >= 4 is 23.4 Å². The van der Waals surface area contributed by atoms with Gasteiger partial charge < -0.3 is 9.73 Å². The van der Waals surface area contributed by atoms with E-state index >= 15 is 0 Å². The molecule has 1 aromatic carbocycles. The first kappa shape index (κ1) is 18.9. The molecule has 0 aliphatic rings. The molecule has 27 heavy (non-hydrogen) atoms. The minimum atomic E-state index is -4.48. The van der Waals surface area contributed by atoms with Crippen LogP contribution in [0.3, 0.4) is 0 Å². The van der Waals surface area contributed by atoms with Crippen molar-refractivity contribution in [1.82, 2.24) is 15.2 Å². The van der Waals surface area contributed by atoms with Crippen LogP contribution in [0.25, 0.3) is 11.5 Å². The average Bonchev–Trinajstić information content (AvgIpc) is 3.10. The van der Waals surface area contributed by atoms with Gasteiger partial charge in [-0.25, -0.2) is 0 Å². The van der Waals surface area contributed by atoms with E-state index in [1.54, 1.807) is 31.5 Å². The summed E-state index contributed by atoms with van der Waals surface area (Å²) in [4.78, 5) is 16.2. The van der Waals surface area contributed by atoms with Crippen molar-refractivity contribution in [2.45, 2.75) is 23.6 Å². The van der Waals surface area contributed by atoms with E-state index < -0.39 is 22.9 Å². The second-order valence-corrected chi connectivity index (χ2v) is 6.73. The molecule has 0 unspecified atom stereocenters. The molecule has 3 aromatic rings. The Balaban J connectivity index is 1.64. The van der Waals surface area contributed by atoms with Gasteiger partial charge in [0.1, 0.15) is 0 Å². The molecular formula is C17H13F3N4O2S. The third-order valence-corrected chi connectivity index (χ3v) is 4.35. The molecule has 1 N–H and O–H groups in total. The Morgan fingerprint density at radius 3 is 2.74 bits per heavy atom. The van der Waals surface area contributed by atoms with E-state index in [1.165, 1.54) is 12.1 Å². The van der Waals surface area contributed by atoms with Crippen LogP contribution in [0.15, 0.2) is 58.4 Å². The highest BCUT2D eigenvalue weighted by atomic mass is 32.2. The van der Waals surface area contributed by atoms with Gasteiger partial charge in [0, 0.05) is 18.1 Å². The van der Waals surface area contributed by atoms with E-state index in [4.69, 9.17) is 4.42 Å². The van der Waals surface area contributed by atoms with Crippen molar-refractivity contribution in [3.8, 4) is 11.5 Å². The van der Waals surface area contributed by atoms with E-state index in [9.17, 15) is 18.0 Å². The Bertz CT molecular complexity index is 931. The summed E-state index contributed by atoms with van der Waals surface area (Å²) in [7, 11) is 0. The third kappa shape index (κ3) is 4.85. The zero-order valence-electron chi connectivity index (χ0n) is 13.9. The van der Waals surface area contributed by atoms with Gasteiger partial charge in [-0.05, 0) is 37.3 Å². The maximum absolute atomic E-state index is 12.7. The summed E-state index contributed by atoms with van der Waals surface area (Å²) in [5.41, 5.74) is -0.139. The number of halogens is 3. The Labute approximate surface area is 156 Å². The fraction of sp³-hybridized carbons (Fsp3) is 0.176. The number of rotatable bonds is 5. The number of thioether (sulfide) groups is 1. The third-order valence-electron chi connectivity index (χ3n) is 3.42. The first-order valence-electron chi connectivity index (χ1n) is 7.71. The fourth-order valence-corrected chi connectivity index (χ4v) is 2.77. The zero-order chi connectivity index (χ0) is 19.4. The van der Waals surface area contributed by atoms with E-state index in [0.29, 0.717) is 5.56 Å². The molecule has 0 fully saturated rings. The molecule has 0 aliphatic carbocycles. The number of aromatic nitrogens is 3. The molecule has 10 heteroatoms. The van der Waals surface area contributed by atoms with Crippen LogP contribution in [0.1, 0.15) is 12.5 Å². The summed E-state index contributed by atoms with van der Waals surface area (Å²) in [6.07, 6.45) is -1.31. The number of carbonyl (C=O) groups is 1. The number of anilines is 1. The lowest BCUT2D eigenvalue weighted by Crippen LogP contribution is -2.22. The molecule has 2 aromatic heterocycles. The smallest absolute Gasteiger partial charge is 0.411 e. The number of amides is 1. The molecule has 0 saturated carbocycles. The fourth-order valence-electron chi connectivity index (χ4n) is 2.09. The van der Waals surface area contributed by atoms with E-state index in [1.807, 2.05) is 0 Å². The minimum Gasteiger partial charge on any atom is -0.411 e. The molecule has 0 radical (unpaired) electrons. The number of pyridine rings is 1. The molecular weight excluding hydrogens is 381 g/mol. The lowest BCUT2D eigenvalue weighted by Gasteiger charge is -2.12. The van der Waals surface area contributed by atoms with E-state index in [-0.39, 0.29) is 16.8 Å². The summed E-state index contributed by atoms with van der Waals surface area (Å²) >= 11 is 1.00. The van der Waals surface area contributed by atoms with Crippen LogP contribution in [-0.4, -0.2) is 26.3 Å². The highest BCUT2D eigenvalue weighted by Gasteiger charge is 2.30. The van der Waals surface area contributed by atoms with Crippen molar-refractivity contribution in [3.63, 3.8) is 0 Å². The quantitative estimate of drug-likeness (QED) is 0.651. The largest absolute Gasteiger partial charge is 0.416 e. The van der Waals surface area contributed by atoms with Crippen molar-refractivity contribution in [1.29, 1.82) is 0 Å². The van der Waals surface area contributed by atoms with Gasteiger partial charge in [0.25, 0.3) is 5.22 Å². The second-order valence-electron chi connectivity index (χ2n) is 5.44. The highest BCUT2D eigenvalue weighted by molar-refractivity contribution is 8.00. The van der Waals surface area contributed by atoms with Gasteiger partial charge in [-0.15, -0.1) is 10.2 Å². The second kappa shape index (κ2) is 7.78. The number of benzene rings is 1. The number of carbonyl (C=O) groups excluding carboxylic acids is 1. The van der Waals surface area contributed by atoms with Crippen LogP contribution >= 0.6 is 11.8 Å². The van der Waals surface area contributed by atoms with Gasteiger partial charge in [0.2, 0.25) is 11.8 Å². The number of alkyl halides is 3. The highest BCUT2D eigenvalue weighted by Crippen LogP contribution is 2.31. The van der Waals surface area contributed by atoms with Crippen LogP contribution in [0.4, 0.5) is 18.9 Å². The Morgan fingerprint density at radius 1 is 1.22 bits per heavy atom. The van der Waals surface area contributed by atoms with Crippen LogP contribution < -0.4 is 5.32 Å². The van der Waals surface area contributed by atoms with Crippen LogP contribution in [0.5, 0.6) is 0 Å². The lowest BCUT2D eigenvalue weighted by molar-refractivity contribution is -0.137. The monoisotopic (exact) mass is 394 g/mol. The average molecular weight is 394 g/mol. The summed E-state index contributed by atoms with van der Waals surface area (Å²) in [5.74, 6) is -0.225.